The Balaban J connectivity index is 0.00000145. The Morgan fingerprint density at radius 2 is 1.83 bits per heavy atom. The Kier molecular flexibility index (Phi) is 8.35. The molecule has 0 bridgehead atoms. The van der Waals surface area contributed by atoms with E-state index >= 15 is 0 Å². The second kappa shape index (κ2) is 11.0. The molecule has 2 aromatic carbocycles. The van der Waals surface area contributed by atoms with Crippen LogP contribution >= 0.6 is 0 Å². The first-order valence-electron chi connectivity index (χ1n) is 10.1. The Morgan fingerprint density at radius 3 is 2.45 bits per heavy atom. The number of allylic oxidation sites excluding steroid dienone is 4. The third kappa shape index (κ3) is 5.64. The van der Waals surface area contributed by atoms with Crippen LogP contribution in [0.5, 0.6) is 0 Å². The molecule has 0 heterocycles. The van der Waals surface area contributed by atoms with Crippen LogP contribution in [0.4, 0.5) is 5.69 Å². The van der Waals surface area contributed by atoms with Crippen molar-refractivity contribution in [1.82, 2.24) is 0 Å². The first kappa shape index (κ1) is 22.1. The maximum absolute atomic E-state index is 4.82. The van der Waals surface area contributed by atoms with Gasteiger partial charge in [0.25, 0.3) is 0 Å². The van der Waals surface area contributed by atoms with E-state index in [-0.39, 0.29) is 0 Å². The van der Waals surface area contributed by atoms with E-state index < -0.39 is 0 Å². The number of hydrogen-bond acceptors (Lipinski definition) is 1. The molecule has 150 valence electrons. The fourth-order valence-electron chi connectivity index (χ4n) is 3.13. The Morgan fingerprint density at radius 1 is 1.10 bits per heavy atom. The maximum atomic E-state index is 4.82. The molecular weight excluding hydrogens is 354 g/mol. The molecule has 0 radical (unpaired) electrons. The number of guanidine groups is 1. The van der Waals surface area contributed by atoms with E-state index in [0.717, 1.165) is 23.4 Å². The molecule has 29 heavy (non-hydrogen) atoms. The number of hydrogen-bond donors (Lipinski definition) is 0. The summed E-state index contributed by atoms with van der Waals surface area (Å²) in [6, 6.07) is 16.7. The van der Waals surface area contributed by atoms with Crippen LogP contribution in [0.1, 0.15) is 37.0 Å². The zero-order valence-corrected chi connectivity index (χ0v) is 18.2. The average molecular weight is 386 g/mol. The number of benzene rings is 2. The molecule has 3 nitrogen and oxygen atoms in total. The predicted octanol–water partition coefficient (Wildman–Crippen LogP) is 6.57. The van der Waals surface area contributed by atoms with Gasteiger partial charge in [0.15, 0.2) is 0 Å². The lowest BCUT2D eigenvalue weighted by atomic mass is 9.96. The lowest BCUT2D eigenvalue weighted by Gasteiger charge is -2.20. The van der Waals surface area contributed by atoms with Crippen molar-refractivity contribution in [3.63, 3.8) is 0 Å². The van der Waals surface area contributed by atoms with Gasteiger partial charge < -0.3 is 4.90 Å². The van der Waals surface area contributed by atoms with Gasteiger partial charge >= 0.3 is 0 Å². The normalized spacial score (nSPS) is 14.7. The second-order valence-corrected chi connectivity index (χ2v) is 6.52. The number of rotatable bonds is 3. The van der Waals surface area contributed by atoms with E-state index in [9.17, 15) is 0 Å². The highest BCUT2D eigenvalue weighted by Crippen LogP contribution is 2.23. The summed E-state index contributed by atoms with van der Waals surface area (Å²) in [7, 11) is 3.77. The van der Waals surface area contributed by atoms with E-state index in [4.69, 9.17) is 4.99 Å². The molecule has 0 saturated heterocycles. The topological polar surface area (TPSA) is 28.0 Å². The molecule has 0 unspecified atom stereocenters. The molecule has 3 heteroatoms. The molecule has 0 aliphatic heterocycles. The van der Waals surface area contributed by atoms with E-state index in [0.29, 0.717) is 5.96 Å². The summed E-state index contributed by atoms with van der Waals surface area (Å²) in [5, 5.41) is 0. The summed E-state index contributed by atoms with van der Waals surface area (Å²) < 4.78 is 0. The van der Waals surface area contributed by atoms with Crippen molar-refractivity contribution in [2.75, 3.05) is 19.0 Å². The van der Waals surface area contributed by atoms with Gasteiger partial charge in [-0.1, -0.05) is 75.1 Å². The summed E-state index contributed by atoms with van der Waals surface area (Å²) in [6.45, 7) is 9.94. The molecule has 1 aliphatic carbocycles. The Labute approximate surface area is 175 Å². The number of aryl methyl sites for hydroxylation is 1. The van der Waals surface area contributed by atoms with Crippen molar-refractivity contribution in [3.8, 4) is 0 Å². The van der Waals surface area contributed by atoms with Crippen LogP contribution in [0, 0.1) is 6.92 Å². The quantitative estimate of drug-likeness (QED) is 0.434. The van der Waals surface area contributed by atoms with Crippen molar-refractivity contribution in [2.45, 2.75) is 27.2 Å². The summed E-state index contributed by atoms with van der Waals surface area (Å²) >= 11 is 0. The first-order valence-corrected chi connectivity index (χ1v) is 10.1. The highest BCUT2D eigenvalue weighted by atomic mass is 15.3. The first-order chi connectivity index (χ1) is 14.1. The lowest BCUT2D eigenvalue weighted by molar-refractivity contribution is 1.19. The number of nitrogens with zero attached hydrogens (tertiary/aromatic N) is 3. The molecule has 1 aliphatic rings. The minimum absolute atomic E-state index is 0.690. The average Bonchev–Trinajstić information content (AvgIpc) is 2.79. The third-order valence-electron chi connectivity index (χ3n) is 4.71. The van der Waals surface area contributed by atoms with Crippen molar-refractivity contribution in [1.29, 1.82) is 0 Å². The molecule has 2 aromatic rings. The number of aliphatic imine (C=N–C) groups is 2. The van der Waals surface area contributed by atoms with Crippen LogP contribution in [0.25, 0.3) is 11.6 Å². The van der Waals surface area contributed by atoms with E-state index in [1.54, 1.807) is 7.05 Å². The van der Waals surface area contributed by atoms with Gasteiger partial charge in [-0.2, -0.15) is 0 Å². The predicted molar refractivity (Wildman–Crippen MR) is 130 cm³/mol. The Hall–Kier alpha value is -3.20. The molecule has 0 amide bonds. The van der Waals surface area contributed by atoms with E-state index in [2.05, 4.69) is 79.2 Å². The third-order valence-corrected chi connectivity index (χ3v) is 4.71. The summed E-state index contributed by atoms with van der Waals surface area (Å²) in [4.78, 5) is 11.2. The van der Waals surface area contributed by atoms with E-state index in [1.807, 2.05) is 37.9 Å². The van der Waals surface area contributed by atoms with Gasteiger partial charge in [-0.25, -0.2) is 4.99 Å². The monoisotopic (exact) mass is 385 g/mol. The van der Waals surface area contributed by atoms with Gasteiger partial charge in [-0.3, -0.25) is 4.99 Å². The van der Waals surface area contributed by atoms with Gasteiger partial charge in [0.1, 0.15) is 0 Å². The molecule has 0 aromatic heterocycles. The Bertz CT molecular complexity index is 947. The van der Waals surface area contributed by atoms with Crippen molar-refractivity contribution in [3.05, 3.63) is 90.0 Å². The molecule has 3 rings (SSSR count). The van der Waals surface area contributed by atoms with Gasteiger partial charge in [-0.05, 0) is 47.4 Å². The molecule has 0 saturated carbocycles. The van der Waals surface area contributed by atoms with Gasteiger partial charge in [0.2, 0.25) is 5.96 Å². The minimum atomic E-state index is 0.690. The van der Waals surface area contributed by atoms with Gasteiger partial charge in [-0.15, -0.1) is 0 Å². The smallest absolute Gasteiger partial charge is 0.224 e. The standard InChI is InChI=1S/C24H25N3.C2H6/c1-5-19-14-15-23(16-18(19)2)27(4)24(25-3)26-22-13-9-12-21(17-22)20-10-7-6-8-11-20;1-2/h5-16H,1,17H2,2-4H3;1-2H3/b25-24?,26-22-;. The van der Waals surface area contributed by atoms with Gasteiger partial charge in [0.05, 0.1) is 0 Å². The largest absolute Gasteiger partial charge is 0.314 e. The molecular formula is C26H31N3. The SMILES string of the molecule is C=Cc1ccc(N(C)C(=NC)/N=C2/C=CC=C(c3ccccc3)C2)cc1C.CC. The van der Waals surface area contributed by atoms with Gasteiger partial charge in [0, 0.05) is 31.9 Å². The summed E-state index contributed by atoms with van der Waals surface area (Å²) in [5.74, 6) is 0.690. The van der Waals surface area contributed by atoms with Crippen LogP contribution in [0.3, 0.4) is 0 Å². The molecule has 0 spiro atoms. The number of anilines is 1. The van der Waals surface area contributed by atoms with Crippen molar-refractivity contribution < 1.29 is 0 Å². The highest BCUT2D eigenvalue weighted by molar-refractivity contribution is 6.12. The van der Waals surface area contributed by atoms with Crippen LogP contribution in [0.15, 0.2) is 83.3 Å². The molecule has 0 atom stereocenters. The maximum Gasteiger partial charge on any atom is 0.224 e. The molecule has 0 N–H and O–H groups in total. The zero-order chi connectivity index (χ0) is 21.2. The molecule has 0 fully saturated rings. The van der Waals surface area contributed by atoms with Crippen LogP contribution in [0.2, 0.25) is 0 Å². The summed E-state index contributed by atoms with van der Waals surface area (Å²) in [5.41, 5.74) is 6.88. The fourth-order valence-corrected chi connectivity index (χ4v) is 3.13. The lowest BCUT2D eigenvalue weighted by Crippen LogP contribution is -2.26. The van der Waals surface area contributed by atoms with Crippen molar-refractivity contribution in [2.24, 2.45) is 9.98 Å². The van der Waals surface area contributed by atoms with E-state index in [1.165, 1.54) is 16.7 Å². The van der Waals surface area contributed by atoms with Crippen LogP contribution in [-0.2, 0) is 0 Å². The second-order valence-electron chi connectivity index (χ2n) is 6.52. The zero-order valence-electron chi connectivity index (χ0n) is 18.2. The van der Waals surface area contributed by atoms with Crippen molar-refractivity contribution >= 4 is 29.0 Å². The van der Waals surface area contributed by atoms with Crippen LogP contribution < -0.4 is 4.90 Å². The fraction of sp³-hybridized carbons (Fsp3) is 0.231. The summed E-state index contributed by atoms with van der Waals surface area (Å²) in [6.07, 6.45) is 8.93. The minimum Gasteiger partial charge on any atom is -0.314 e. The highest BCUT2D eigenvalue weighted by Gasteiger charge is 2.12. The van der Waals surface area contributed by atoms with Crippen LogP contribution in [-0.4, -0.2) is 25.8 Å².